The number of fused-ring (bicyclic) bond motifs is 1. The minimum absolute atomic E-state index is 0.0324. The van der Waals surface area contributed by atoms with Crippen molar-refractivity contribution in [3.8, 4) is 5.75 Å². The van der Waals surface area contributed by atoms with Gasteiger partial charge in [-0.05, 0) is 67.4 Å². The predicted octanol–water partition coefficient (Wildman–Crippen LogP) is 3.78. The molecule has 2 aromatic carbocycles. The maximum atomic E-state index is 11.9. The lowest BCUT2D eigenvalue weighted by Gasteiger charge is -2.30. The Hall–Kier alpha value is -2.11. The van der Waals surface area contributed by atoms with E-state index in [0.717, 1.165) is 51.3 Å². The molecule has 4 rings (SSSR count). The van der Waals surface area contributed by atoms with Crippen LogP contribution in [-0.4, -0.2) is 49.9 Å². The molecule has 2 heterocycles. The van der Waals surface area contributed by atoms with Gasteiger partial charge in [-0.3, -0.25) is 9.69 Å². The molecule has 150 valence electrons. The van der Waals surface area contributed by atoms with Crippen molar-refractivity contribution in [1.29, 1.82) is 0 Å². The molecule has 0 saturated carbocycles. The maximum Gasteiger partial charge on any atom is 0.309 e. The molecule has 2 aromatic rings. The summed E-state index contributed by atoms with van der Waals surface area (Å²) in [5.41, 5.74) is 1.31. The fourth-order valence-corrected chi connectivity index (χ4v) is 4.09. The number of nitrogens with zero attached hydrogens (tertiary/aromatic N) is 1. The number of rotatable bonds is 6. The van der Waals surface area contributed by atoms with E-state index >= 15 is 0 Å². The van der Waals surface area contributed by atoms with E-state index in [9.17, 15) is 4.79 Å². The monoisotopic (exact) mass is 383 g/mol. The van der Waals surface area contributed by atoms with Crippen LogP contribution in [0, 0.1) is 5.92 Å². The summed E-state index contributed by atoms with van der Waals surface area (Å²) in [7, 11) is 0. The number of benzene rings is 2. The zero-order chi connectivity index (χ0) is 19.3. The van der Waals surface area contributed by atoms with E-state index in [4.69, 9.17) is 14.2 Å². The number of esters is 1. The van der Waals surface area contributed by atoms with E-state index in [1.807, 2.05) is 6.92 Å². The summed E-state index contributed by atoms with van der Waals surface area (Å²) >= 11 is 0. The summed E-state index contributed by atoms with van der Waals surface area (Å²) in [5, 5.41) is 2.43. The number of hydrogen-bond donors (Lipinski definition) is 0. The molecule has 0 aliphatic carbocycles. The van der Waals surface area contributed by atoms with Crippen LogP contribution in [0.4, 0.5) is 0 Å². The van der Waals surface area contributed by atoms with E-state index in [2.05, 4.69) is 41.3 Å². The van der Waals surface area contributed by atoms with Crippen LogP contribution in [0.25, 0.3) is 10.8 Å². The average molecular weight is 383 g/mol. The predicted molar refractivity (Wildman–Crippen MR) is 108 cm³/mol. The highest BCUT2D eigenvalue weighted by molar-refractivity contribution is 5.84. The second-order valence-corrected chi connectivity index (χ2v) is 7.75. The molecule has 0 bridgehead atoms. The van der Waals surface area contributed by atoms with Crippen LogP contribution in [0.1, 0.15) is 31.7 Å². The number of carbonyl (C=O) groups is 1. The van der Waals surface area contributed by atoms with Gasteiger partial charge in [-0.1, -0.05) is 18.2 Å². The van der Waals surface area contributed by atoms with Gasteiger partial charge in [0.2, 0.25) is 0 Å². The molecule has 2 fully saturated rings. The third-order valence-corrected chi connectivity index (χ3v) is 5.68. The van der Waals surface area contributed by atoms with Crippen molar-refractivity contribution in [2.75, 3.05) is 32.9 Å². The first kappa shape index (κ1) is 19.2. The third-order valence-electron chi connectivity index (χ3n) is 5.68. The lowest BCUT2D eigenvalue weighted by molar-refractivity contribution is -0.149. The van der Waals surface area contributed by atoms with Crippen LogP contribution in [-0.2, 0) is 20.8 Å². The normalized spacial score (nSPS) is 21.1. The zero-order valence-corrected chi connectivity index (χ0v) is 16.6. The Morgan fingerprint density at radius 1 is 1.11 bits per heavy atom. The molecule has 2 aliphatic heterocycles. The van der Waals surface area contributed by atoms with E-state index in [0.29, 0.717) is 13.2 Å². The number of ether oxygens (including phenoxy) is 3. The molecule has 0 amide bonds. The fraction of sp³-hybridized carbons (Fsp3) is 0.522. The second-order valence-electron chi connectivity index (χ2n) is 7.75. The lowest BCUT2D eigenvalue weighted by Crippen LogP contribution is -2.36. The van der Waals surface area contributed by atoms with Gasteiger partial charge < -0.3 is 14.2 Å². The fourth-order valence-electron chi connectivity index (χ4n) is 4.09. The van der Waals surface area contributed by atoms with Crippen LogP contribution in [0.3, 0.4) is 0 Å². The number of carbonyl (C=O) groups excluding carboxylic acids is 1. The highest BCUT2D eigenvalue weighted by atomic mass is 16.5. The summed E-state index contributed by atoms with van der Waals surface area (Å²) in [4.78, 5) is 14.3. The van der Waals surface area contributed by atoms with Crippen molar-refractivity contribution in [3.63, 3.8) is 0 Å². The van der Waals surface area contributed by atoms with Crippen molar-refractivity contribution in [3.05, 3.63) is 42.0 Å². The van der Waals surface area contributed by atoms with Gasteiger partial charge in [0.15, 0.2) is 0 Å². The van der Waals surface area contributed by atoms with Crippen LogP contribution >= 0.6 is 0 Å². The molecule has 0 spiro atoms. The van der Waals surface area contributed by atoms with Crippen molar-refractivity contribution in [1.82, 2.24) is 4.90 Å². The van der Waals surface area contributed by atoms with Gasteiger partial charge in [0, 0.05) is 13.0 Å². The Kier molecular flexibility index (Phi) is 6.13. The summed E-state index contributed by atoms with van der Waals surface area (Å²) in [6.07, 6.45) is 2.91. The molecule has 1 atom stereocenters. The molecule has 5 heteroatoms. The molecule has 0 radical (unpaired) electrons. The Bertz CT molecular complexity index is 807. The van der Waals surface area contributed by atoms with Crippen LogP contribution in [0.15, 0.2) is 36.4 Å². The Morgan fingerprint density at radius 3 is 2.64 bits per heavy atom. The quantitative estimate of drug-likeness (QED) is 0.711. The average Bonchev–Trinajstić information content (AvgIpc) is 3.22. The maximum absolute atomic E-state index is 11.9. The van der Waals surface area contributed by atoms with Crippen molar-refractivity contribution >= 4 is 16.7 Å². The summed E-state index contributed by atoms with van der Waals surface area (Å²) in [5.74, 6) is 0.948. The summed E-state index contributed by atoms with van der Waals surface area (Å²) in [6, 6.07) is 12.9. The van der Waals surface area contributed by atoms with E-state index in [-0.39, 0.29) is 18.0 Å². The number of hydrogen-bond acceptors (Lipinski definition) is 5. The minimum atomic E-state index is -0.0324. The topological polar surface area (TPSA) is 48.0 Å². The Balaban J connectivity index is 1.35. The standard InChI is InChI=1S/C23H29NO4/c1-2-27-23(25)18-7-10-24(11-8-18)15-17-3-4-20-14-21(6-5-19(20)13-17)28-22-9-12-26-16-22/h3-6,13-14,18,22H,2,7-12,15-16H2,1H3. The Morgan fingerprint density at radius 2 is 1.89 bits per heavy atom. The first-order valence-electron chi connectivity index (χ1n) is 10.4. The first-order chi connectivity index (χ1) is 13.7. The highest BCUT2D eigenvalue weighted by Gasteiger charge is 2.25. The molecule has 2 aliphatic rings. The van der Waals surface area contributed by atoms with Gasteiger partial charge in [0.25, 0.3) is 0 Å². The molecular formula is C23H29NO4. The lowest BCUT2D eigenvalue weighted by atomic mass is 9.96. The van der Waals surface area contributed by atoms with Gasteiger partial charge >= 0.3 is 5.97 Å². The SMILES string of the molecule is CCOC(=O)C1CCN(Cc2ccc3cc(OC4CCOC4)ccc3c2)CC1. The Labute approximate surface area is 166 Å². The van der Waals surface area contributed by atoms with Crippen LogP contribution in [0.2, 0.25) is 0 Å². The van der Waals surface area contributed by atoms with Crippen LogP contribution < -0.4 is 4.74 Å². The van der Waals surface area contributed by atoms with Gasteiger partial charge in [-0.25, -0.2) is 0 Å². The van der Waals surface area contributed by atoms with E-state index in [1.54, 1.807) is 0 Å². The van der Waals surface area contributed by atoms with Gasteiger partial charge in [0.05, 0.1) is 25.7 Å². The first-order valence-corrected chi connectivity index (χ1v) is 10.4. The van der Waals surface area contributed by atoms with Crippen molar-refractivity contribution in [2.45, 2.75) is 38.8 Å². The number of likely N-dealkylation sites (tertiary alicyclic amines) is 1. The smallest absolute Gasteiger partial charge is 0.309 e. The van der Waals surface area contributed by atoms with Gasteiger partial charge in [0.1, 0.15) is 11.9 Å². The van der Waals surface area contributed by atoms with Gasteiger partial charge in [-0.15, -0.1) is 0 Å². The zero-order valence-electron chi connectivity index (χ0n) is 16.6. The van der Waals surface area contributed by atoms with Crippen molar-refractivity contribution in [2.24, 2.45) is 5.92 Å². The summed E-state index contributed by atoms with van der Waals surface area (Å²) in [6.45, 7) is 6.61. The molecule has 0 aromatic heterocycles. The van der Waals surface area contributed by atoms with Gasteiger partial charge in [-0.2, -0.15) is 0 Å². The molecule has 0 N–H and O–H groups in total. The third kappa shape index (κ3) is 4.65. The highest BCUT2D eigenvalue weighted by Crippen LogP contribution is 2.26. The van der Waals surface area contributed by atoms with Crippen LogP contribution in [0.5, 0.6) is 5.75 Å². The largest absolute Gasteiger partial charge is 0.488 e. The molecule has 5 nitrogen and oxygen atoms in total. The second kappa shape index (κ2) is 8.93. The molecule has 28 heavy (non-hydrogen) atoms. The minimum Gasteiger partial charge on any atom is -0.488 e. The molecular weight excluding hydrogens is 354 g/mol. The summed E-state index contributed by atoms with van der Waals surface area (Å²) < 4.78 is 16.6. The van der Waals surface area contributed by atoms with E-state index in [1.165, 1.54) is 16.3 Å². The number of piperidine rings is 1. The molecule has 2 saturated heterocycles. The van der Waals surface area contributed by atoms with Crippen molar-refractivity contribution < 1.29 is 19.0 Å². The van der Waals surface area contributed by atoms with E-state index < -0.39 is 0 Å². The molecule has 1 unspecified atom stereocenters.